The molecule has 1 heterocycles. The van der Waals surface area contributed by atoms with Gasteiger partial charge in [-0.15, -0.1) is 0 Å². The smallest absolute Gasteiger partial charge is 0.000439 e. The molecule has 0 saturated carbocycles. The van der Waals surface area contributed by atoms with E-state index < -0.39 is 0 Å². The van der Waals surface area contributed by atoms with Gasteiger partial charge in [0.2, 0.25) is 0 Å². The Hall–Kier alpha value is -0.0400. The van der Waals surface area contributed by atoms with Gasteiger partial charge < -0.3 is 4.90 Å². The van der Waals surface area contributed by atoms with Crippen LogP contribution in [0.25, 0.3) is 0 Å². The fourth-order valence-corrected chi connectivity index (χ4v) is 3.49. The lowest BCUT2D eigenvalue weighted by molar-refractivity contribution is 0.0159. The Morgan fingerprint density at radius 2 is 1.31 bits per heavy atom. The molecule has 0 aromatic carbocycles. The van der Waals surface area contributed by atoms with Crippen molar-refractivity contribution < 1.29 is 0 Å². The minimum absolute atomic E-state index is 0.605. The van der Waals surface area contributed by atoms with Crippen LogP contribution in [-0.4, -0.2) is 24.5 Å². The minimum Gasteiger partial charge on any atom is -0.303 e. The van der Waals surface area contributed by atoms with Gasteiger partial charge in [0.05, 0.1) is 0 Å². The fraction of sp³-hybridized carbons (Fsp3) is 1.00. The lowest BCUT2D eigenvalue weighted by Gasteiger charge is -2.48. The Labute approximate surface area is 103 Å². The second kappa shape index (κ2) is 5.53. The zero-order chi connectivity index (χ0) is 12.3. The molecule has 0 bridgehead atoms. The van der Waals surface area contributed by atoms with E-state index in [0.29, 0.717) is 5.41 Å². The highest BCUT2D eigenvalue weighted by molar-refractivity contribution is 4.90. The molecule has 96 valence electrons. The molecule has 0 aliphatic carbocycles. The topological polar surface area (TPSA) is 3.24 Å². The largest absolute Gasteiger partial charge is 0.303 e. The molecule has 0 aromatic heterocycles. The van der Waals surface area contributed by atoms with Crippen molar-refractivity contribution in [2.24, 2.45) is 23.2 Å². The molecule has 0 radical (unpaired) electrons. The van der Waals surface area contributed by atoms with E-state index in [0.717, 1.165) is 17.8 Å². The summed E-state index contributed by atoms with van der Waals surface area (Å²) in [6, 6.07) is 0. The maximum Gasteiger partial charge on any atom is 0.000439 e. The van der Waals surface area contributed by atoms with Crippen LogP contribution in [0.1, 0.15) is 54.4 Å². The summed E-state index contributed by atoms with van der Waals surface area (Å²) in [5.41, 5.74) is 0.605. The fourth-order valence-electron chi connectivity index (χ4n) is 3.49. The summed E-state index contributed by atoms with van der Waals surface area (Å²) < 4.78 is 0. The van der Waals surface area contributed by atoms with E-state index in [1.165, 1.54) is 32.5 Å². The maximum atomic E-state index is 2.66. The molecular weight excluding hydrogens is 194 g/mol. The molecule has 0 atom stereocenters. The molecule has 1 aliphatic rings. The molecule has 0 aromatic rings. The van der Waals surface area contributed by atoms with Crippen LogP contribution >= 0.6 is 0 Å². The van der Waals surface area contributed by atoms with Gasteiger partial charge in [0, 0.05) is 6.54 Å². The summed E-state index contributed by atoms with van der Waals surface area (Å²) in [4.78, 5) is 2.66. The molecule has 1 saturated heterocycles. The first kappa shape index (κ1) is 14.0. The molecular formula is C15H31N. The first-order chi connectivity index (χ1) is 7.38. The standard InChI is InChI=1S/C15H31N/c1-12(2)11-16-9-7-15(8-10-16,13(3)4)14(5)6/h12-14H,7-11H2,1-6H3. The molecule has 0 spiro atoms. The molecule has 1 nitrogen and oxygen atoms in total. The Balaban J connectivity index is 2.56. The second-order valence-electron chi connectivity index (χ2n) is 6.74. The van der Waals surface area contributed by atoms with Crippen LogP contribution < -0.4 is 0 Å². The quantitative estimate of drug-likeness (QED) is 0.698. The van der Waals surface area contributed by atoms with Crippen LogP contribution in [0.4, 0.5) is 0 Å². The lowest BCUT2D eigenvalue weighted by atomic mass is 9.63. The van der Waals surface area contributed by atoms with Crippen molar-refractivity contribution in [1.29, 1.82) is 0 Å². The number of hydrogen-bond acceptors (Lipinski definition) is 1. The van der Waals surface area contributed by atoms with Gasteiger partial charge in [0.25, 0.3) is 0 Å². The molecule has 0 unspecified atom stereocenters. The summed E-state index contributed by atoms with van der Waals surface area (Å²) in [5, 5.41) is 0. The van der Waals surface area contributed by atoms with E-state index >= 15 is 0 Å². The monoisotopic (exact) mass is 225 g/mol. The molecule has 16 heavy (non-hydrogen) atoms. The van der Waals surface area contributed by atoms with Crippen molar-refractivity contribution in [2.45, 2.75) is 54.4 Å². The van der Waals surface area contributed by atoms with Gasteiger partial charge in [0.15, 0.2) is 0 Å². The Morgan fingerprint density at radius 1 is 0.875 bits per heavy atom. The van der Waals surface area contributed by atoms with E-state index in [4.69, 9.17) is 0 Å². The molecule has 1 rings (SSSR count). The van der Waals surface area contributed by atoms with E-state index in [-0.39, 0.29) is 0 Å². The van der Waals surface area contributed by atoms with Crippen LogP contribution in [0.2, 0.25) is 0 Å². The van der Waals surface area contributed by atoms with E-state index in [1.807, 2.05) is 0 Å². The predicted molar refractivity (Wildman–Crippen MR) is 72.6 cm³/mol. The van der Waals surface area contributed by atoms with Crippen molar-refractivity contribution in [2.75, 3.05) is 19.6 Å². The average Bonchev–Trinajstić information content (AvgIpc) is 2.17. The van der Waals surface area contributed by atoms with E-state index in [1.54, 1.807) is 0 Å². The summed E-state index contributed by atoms with van der Waals surface area (Å²) in [5.74, 6) is 2.47. The van der Waals surface area contributed by atoms with Crippen LogP contribution in [0.3, 0.4) is 0 Å². The average molecular weight is 225 g/mol. The molecule has 0 amide bonds. The van der Waals surface area contributed by atoms with Crippen LogP contribution in [0.15, 0.2) is 0 Å². The predicted octanol–water partition coefficient (Wildman–Crippen LogP) is 4.04. The normalized spacial score (nSPS) is 22.3. The third kappa shape index (κ3) is 3.00. The minimum atomic E-state index is 0.605. The van der Waals surface area contributed by atoms with Gasteiger partial charge in [-0.3, -0.25) is 0 Å². The number of likely N-dealkylation sites (tertiary alicyclic amines) is 1. The summed E-state index contributed by atoms with van der Waals surface area (Å²) >= 11 is 0. The highest BCUT2D eigenvalue weighted by Gasteiger charge is 2.39. The van der Waals surface area contributed by atoms with Crippen molar-refractivity contribution in [3.63, 3.8) is 0 Å². The number of nitrogens with zero attached hydrogens (tertiary/aromatic N) is 1. The van der Waals surface area contributed by atoms with Gasteiger partial charge in [-0.25, -0.2) is 0 Å². The van der Waals surface area contributed by atoms with E-state index in [9.17, 15) is 0 Å². The number of rotatable bonds is 4. The zero-order valence-corrected chi connectivity index (χ0v) is 12.2. The van der Waals surface area contributed by atoms with Crippen LogP contribution in [-0.2, 0) is 0 Å². The Bertz CT molecular complexity index is 187. The third-order valence-electron chi connectivity index (χ3n) is 4.71. The summed E-state index contributed by atoms with van der Waals surface area (Å²) in [6.07, 6.45) is 2.80. The number of piperidine rings is 1. The van der Waals surface area contributed by atoms with Crippen molar-refractivity contribution in [1.82, 2.24) is 4.90 Å². The van der Waals surface area contributed by atoms with Gasteiger partial charge in [-0.05, 0) is 49.1 Å². The second-order valence-corrected chi connectivity index (χ2v) is 6.74. The molecule has 1 fully saturated rings. The van der Waals surface area contributed by atoms with Crippen molar-refractivity contribution in [3.05, 3.63) is 0 Å². The summed E-state index contributed by atoms with van der Waals surface area (Å²) in [6.45, 7) is 18.2. The third-order valence-corrected chi connectivity index (χ3v) is 4.71. The highest BCUT2D eigenvalue weighted by atomic mass is 15.1. The first-order valence-corrected chi connectivity index (χ1v) is 7.11. The lowest BCUT2D eigenvalue weighted by Crippen LogP contribution is -2.46. The molecule has 0 N–H and O–H groups in total. The van der Waals surface area contributed by atoms with Crippen LogP contribution in [0, 0.1) is 23.2 Å². The van der Waals surface area contributed by atoms with Gasteiger partial charge in [-0.1, -0.05) is 41.5 Å². The van der Waals surface area contributed by atoms with Crippen molar-refractivity contribution in [3.8, 4) is 0 Å². The summed E-state index contributed by atoms with van der Waals surface area (Å²) in [7, 11) is 0. The first-order valence-electron chi connectivity index (χ1n) is 7.11. The van der Waals surface area contributed by atoms with Gasteiger partial charge in [0.1, 0.15) is 0 Å². The highest BCUT2D eigenvalue weighted by Crippen LogP contribution is 2.45. The van der Waals surface area contributed by atoms with Crippen LogP contribution in [0.5, 0.6) is 0 Å². The zero-order valence-electron chi connectivity index (χ0n) is 12.2. The Kier molecular flexibility index (Phi) is 4.85. The molecule has 1 heteroatoms. The SMILES string of the molecule is CC(C)CN1CCC(C(C)C)(C(C)C)CC1. The molecule has 1 aliphatic heterocycles. The Morgan fingerprint density at radius 3 is 1.62 bits per heavy atom. The van der Waals surface area contributed by atoms with Crippen molar-refractivity contribution >= 4 is 0 Å². The van der Waals surface area contributed by atoms with E-state index in [2.05, 4.69) is 46.4 Å². The maximum absolute atomic E-state index is 2.66. The number of hydrogen-bond donors (Lipinski definition) is 0. The van der Waals surface area contributed by atoms with Gasteiger partial charge >= 0.3 is 0 Å². The van der Waals surface area contributed by atoms with Gasteiger partial charge in [-0.2, -0.15) is 0 Å².